The maximum atomic E-state index is 10.5. The Kier molecular flexibility index (Phi) is 2.59. The molecule has 4 aromatic rings. The van der Waals surface area contributed by atoms with Crippen LogP contribution in [-0.4, -0.2) is 5.11 Å². The molecule has 0 aromatic heterocycles. The van der Waals surface area contributed by atoms with Crippen molar-refractivity contribution < 1.29 is 5.11 Å². The normalized spacial score (nSPS) is 18.4. The first-order valence-electron chi connectivity index (χ1n) is 7.81. The fourth-order valence-corrected chi connectivity index (χ4v) is 5.01. The van der Waals surface area contributed by atoms with Gasteiger partial charge in [-0.2, -0.15) is 0 Å². The molecule has 0 heterocycles. The van der Waals surface area contributed by atoms with E-state index in [2.05, 4.69) is 58.4 Å². The summed E-state index contributed by atoms with van der Waals surface area (Å²) < 4.78 is 1.08. The summed E-state index contributed by atoms with van der Waals surface area (Å²) in [7, 11) is 0. The number of hydrogen-bond donors (Lipinski definition) is 1. The molecule has 2 heteroatoms. The maximum absolute atomic E-state index is 10.5. The third-order valence-corrected chi connectivity index (χ3v) is 5.99. The summed E-state index contributed by atoms with van der Waals surface area (Å²) in [5.74, 6) is 0. The van der Waals surface area contributed by atoms with Crippen molar-refractivity contribution in [3.8, 4) is 0 Å². The minimum absolute atomic E-state index is 0.347. The van der Waals surface area contributed by atoms with Crippen molar-refractivity contribution in [2.75, 3.05) is 0 Å². The first-order chi connectivity index (χ1) is 10.8. The van der Waals surface area contributed by atoms with Crippen LogP contribution < -0.4 is 0 Å². The lowest BCUT2D eigenvalue weighted by atomic mass is 9.82. The number of aliphatic hydroxyl groups is 1. The number of benzene rings is 4. The van der Waals surface area contributed by atoms with Crippen LogP contribution in [0, 0.1) is 0 Å². The highest BCUT2D eigenvalue weighted by Crippen LogP contribution is 2.46. The molecule has 0 bridgehead atoms. The van der Waals surface area contributed by atoms with E-state index >= 15 is 0 Å². The SMILES string of the molecule is OC1CCCc2c1c(Br)c1ccc3cccc4ccc2c1c34. The van der Waals surface area contributed by atoms with Crippen molar-refractivity contribution >= 4 is 48.2 Å². The van der Waals surface area contributed by atoms with Gasteiger partial charge in [0, 0.05) is 4.47 Å². The lowest BCUT2D eigenvalue weighted by Crippen LogP contribution is -2.11. The Morgan fingerprint density at radius 3 is 2.41 bits per heavy atom. The van der Waals surface area contributed by atoms with Crippen molar-refractivity contribution in [3.05, 3.63) is 58.1 Å². The molecule has 0 saturated carbocycles. The van der Waals surface area contributed by atoms with Gasteiger partial charge in [0.2, 0.25) is 0 Å². The van der Waals surface area contributed by atoms with E-state index in [0.29, 0.717) is 0 Å². The molecule has 1 nitrogen and oxygen atoms in total. The molecule has 1 N–H and O–H groups in total. The minimum Gasteiger partial charge on any atom is -0.388 e. The van der Waals surface area contributed by atoms with Crippen LogP contribution in [0.4, 0.5) is 0 Å². The molecule has 108 valence electrons. The Balaban J connectivity index is 2.11. The van der Waals surface area contributed by atoms with Crippen LogP contribution in [-0.2, 0) is 6.42 Å². The van der Waals surface area contributed by atoms with E-state index < -0.39 is 0 Å². The zero-order valence-corrected chi connectivity index (χ0v) is 13.7. The first kappa shape index (κ1) is 12.9. The van der Waals surface area contributed by atoms with E-state index in [9.17, 15) is 5.11 Å². The van der Waals surface area contributed by atoms with Gasteiger partial charge < -0.3 is 5.11 Å². The van der Waals surface area contributed by atoms with Crippen LogP contribution in [0.5, 0.6) is 0 Å². The Hall–Kier alpha value is -1.64. The number of hydrogen-bond acceptors (Lipinski definition) is 1. The van der Waals surface area contributed by atoms with Crippen molar-refractivity contribution in [1.29, 1.82) is 0 Å². The summed E-state index contributed by atoms with van der Waals surface area (Å²) in [6, 6.07) is 15.3. The van der Waals surface area contributed by atoms with E-state index in [4.69, 9.17) is 0 Å². The molecule has 1 unspecified atom stereocenters. The van der Waals surface area contributed by atoms with Crippen molar-refractivity contribution in [2.24, 2.45) is 0 Å². The average Bonchev–Trinajstić information content (AvgIpc) is 2.55. The predicted molar refractivity (Wildman–Crippen MR) is 95.7 cm³/mol. The summed E-state index contributed by atoms with van der Waals surface area (Å²) in [4.78, 5) is 0. The standard InChI is InChI=1S/C20H15BrO/c21-20-15-10-8-12-4-1-3-11-7-9-14(18(15)17(11)12)13-5-2-6-16(22)19(13)20/h1,3-4,7-10,16,22H,2,5-6H2. The summed E-state index contributed by atoms with van der Waals surface area (Å²) in [6.07, 6.45) is 2.63. The molecule has 0 amide bonds. The summed E-state index contributed by atoms with van der Waals surface area (Å²) in [5, 5.41) is 18.3. The van der Waals surface area contributed by atoms with E-state index in [1.54, 1.807) is 0 Å². The Morgan fingerprint density at radius 1 is 0.909 bits per heavy atom. The van der Waals surface area contributed by atoms with Crippen LogP contribution in [0.2, 0.25) is 0 Å². The van der Waals surface area contributed by atoms with Gasteiger partial charge in [-0.25, -0.2) is 0 Å². The third-order valence-electron chi connectivity index (χ3n) is 5.14. The van der Waals surface area contributed by atoms with Gasteiger partial charge >= 0.3 is 0 Å². The molecule has 0 spiro atoms. The second-order valence-electron chi connectivity index (χ2n) is 6.29. The van der Waals surface area contributed by atoms with Crippen molar-refractivity contribution in [1.82, 2.24) is 0 Å². The molecular formula is C20H15BrO. The molecule has 1 aliphatic carbocycles. The molecular weight excluding hydrogens is 336 g/mol. The maximum Gasteiger partial charge on any atom is 0.0804 e. The quantitative estimate of drug-likeness (QED) is 0.402. The lowest BCUT2D eigenvalue weighted by Gasteiger charge is -2.26. The average molecular weight is 351 g/mol. The number of halogens is 1. The van der Waals surface area contributed by atoms with Crippen LogP contribution in [0.3, 0.4) is 0 Å². The van der Waals surface area contributed by atoms with Gasteiger partial charge in [-0.05, 0) is 78.6 Å². The van der Waals surface area contributed by atoms with Crippen molar-refractivity contribution in [2.45, 2.75) is 25.4 Å². The Morgan fingerprint density at radius 2 is 1.64 bits per heavy atom. The molecule has 0 radical (unpaired) electrons. The summed E-state index contributed by atoms with van der Waals surface area (Å²) in [6.45, 7) is 0. The third kappa shape index (κ3) is 1.52. The van der Waals surface area contributed by atoms with E-state index in [-0.39, 0.29) is 6.10 Å². The van der Waals surface area contributed by atoms with Gasteiger partial charge in [0.05, 0.1) is 6.10 Å². The monoisotopic (exact) mass is 350 g/mol. The van der Waals surface area contributed by atoms with Crippen LogP contribution in [0.1, 0.15) is 30.1 Å². The van der Waals surface area contributed by atoms with Gasteiger partial charge in [-0.3, -0.25) is 0 Å². The van der Waals surface area contributed by atoms with Gasteiger partial charge in [0.1, 0.15) is 0 Å². The van der Waals surface area contributed by atoms with Crippen molar-refractivity contribution in [3.63, 3.8) is 0 Å². The minimum atomic E-state index is -0.347. The number of aliphatic hydroxyl groups excluding tert-OH is 1. The fourth-order valence-electron chi connectivity index (χ4n) is 4.17. The topological polar surface area (TPSA) is 20.2 Å². The predicted octanol–water partition coefficient (Wildman–Crippen LogP) is 5.72. The number of aryl methyl sites for hydroxylation is 1. The van der Waals surface area contributed by atoms with Gasteiger partial charge in [0.15, 0.2) is 0 Å². The van der Waals surface area contributed by atoms with Crippen LogP contribution in [0.15, 0.2) is 46.9 Å². The smallest absolute Gasteiger partial charge is 0.0804 e. The summed E-state index contributed by atoms with van der Waals surface area (Å²) in [5.41, 5.74) is 2.44. The number of rotatable bonds is 0. The molecule has 1 atom stereocenters. The zero-order chi connectivity index (χ0) is 14.8. The molecule has 22 heavy (non-hydrogen) atoms. The second-order valence-corrected chi connectivity index (χ2v) is 7.09. The molecule has 4 aromatic carbocycles. The van der Waals surface area contributed by atoms with Gasteiger partial charge in [0.25, 0.3) is 0 Å². The molecule has 0 aliphatic heterocycles. The van der Waals surface area contributed by atoms with E-state index in [0.717, 1.165) is 29.3 Å². The Bertz CT molecular complexity index is 1020. The highest BCUT2D eigenvalue weighted by molar-refractivity contribution is 9.10. The van der Waals surface area contributed by atoms with Gasteiger partial charge in [-0.1, -0.05) is 42.5 Å². The van der Waals surface area contributed by atoms with E-state index in [1.165, 1.54) is 37.9 Å². The molecule has 5 rings (SSSR count). The highest BCUT2D eigenvalue weighted by Gasteiger charge is 2.25. The Labute approximate surface area is 137 Å². The lowest BCUT2D eigenvalue weighted by molar-refractivity contribution is 0.156. The van der Waals surface area contributed by atoms with E-state index in [1.807, 2.05) is 0 Å². The largest absolute Gasteiger partial charge is 0.388 e. The fraction of sp³-hybridized carbons (Fsp3) is 0.200. The molecule has 1 aliphatic rings. The highest BCUT2D eigenvalue weighted by atomic mass is 79.9. The molecule has 0 fully saturated rings. The molecule has 0 saturated heterocycles. The summed E-state index contributed by atoms with van der Waals surface area (Å²) >= 11 is 3.79. The number of fused-ring (bicyclic) bond motifs is 2. The second kappa shape index (κ2) is 4.43. The van der Waals surface area contributed by atoms with Crippen LogP contribution in [0.25, 0.3) is 32.3 Å². The van der Waals surface area contributed by atoms with Gasteiger partial charge in [-0.15, -0.1) is 0 Å². The zero-order valence-electron chi connectivity index (χ0n) is 12.1. The van der Waals surface area contributed by atoms with Crippen LogP contribution >= 0.6 is 15.9 Å². The first-order valence-corrected chi connectivity index (χ1v) is 8.61.